The van der Waals surface area contributed by atoms with Gasteiger partial charge in [-0.15, -0.1) is 0 Å². The molecule has 1 heteroatoms. The highest BCUT2D eigenvalue weighted by molar-refractivity contribution is 5.87. The Morgan fingerprint density at radius 2 is 1.19 bits per heavy atom. The summed E-state index contributed by atoms with van der Waals surface area (Å²) in [6, 6.07) is 10.3. The topological polar surface area (TPSA) is 17.1 Å². The van der Waals surface area contributed by atoms with Gasteiger partial charge in [-0.2, -0.15) is 0 Å². The lowest BCUT2D eigenvalue weighted by Crippen LogP contribution is -1.92. The highest BCUT2D eigenvalue weighted by Crippen LogP contribution is 2.21. The van der Waals surface area contributed by atoms with E-state index in [1.54, 1.807) is 0 Å². The second-order valence-corrected chi connectivity index (χ2v) is 7.63. The molecule has 0 aliphatic rings. The second-order valence-electron chi connectivity index (χ2n) is 7.63. The van der Waals surface area contributed by atoms with E-state index in [1.165, 1.54) is 82.6 Å². The van der Waals surface area contributed by atoms with Gasteiger partial charge in [0.25, 0.3) is 0 Å². The number of benzene rings is 1. The number of allylic oxidation sites excluding steroid dienone is 2. The third-order valence-corrected chi connectivity index (χ3v) is 5.38. The molecule has 0 saturated carbocycles. The third-order valence-electron chi connectivity index (χ3n) is 5.38. The molecule has 1 rings (SSSR count). The normalized spacial score (nSPS) is 12.1. The van der Waals surface area contributed by atoms with E-state index in [0.29, 0.717) is 0 Å². The van der Waals surface area contributed by atoms with Crippen molar-refractivity contribution in [3.05, 3.63) is 41.5 Å². The van der Waals surface area contributed by atoms with Crippen LogP contribution in [0.25, 0.3) is 5.57 Å². The first kappa shape index (κ1) is 22.7. The SMILES string of the molecule is CCCCCCCCCCCCCCC/C(C=O)=C(\C)c1ccccc1. The van der Waals surface area contributed by atoms with Crippen LogP contribution < -0.4 is 0 Å². The largest absolute Gasteiger partial charge is 0.298 e. The van der Waals surface area contributed by atoms with Crippen LogP contribution in [0.1, 0.15) is 109 Å². The zero-order valence-electron chi connectivity index (χ0n) is 17.3. The Morgan fingerprint density at radius 1 is 0.731 bits per heavy atom. The maximum atomic E-state index is 11.4. The highest BCUT2D eigenvalue weighted by Gasteiger charge is 2.04. The fourth-order valence-corrected chi connectivity index (χ4v) is 3.54. The van der Waals surface area contributed by atoms with E-state index < -0.39 is 0 Å². The van der Waals surface area contributed by atoms with Crippen molar-refractivity contribution in [3.63, 3.8) is 0 Å². The summed E-state index contributed by atoms with van der Waals surface area (Å²) in [7, 11) is 0. The summed E-state index contributed by atoms with van der Waals surface area (Å²) < 4.78 is 0. The van der Waals surface area contributed by atoms with E-state index in [2.05, 4.69) is 26.0 Å². The maximum Gasteiger partial charge on any atom is 0.146 e. The van der Waals surface area contributed by atoms with E-state index in [1.807, 2.05) is 18.2 Å². The molecule has 0 N–H and O–H groups in total. The predicted molar refractivity (Wildman–Crippen MR) is 115 cm³/mol. The van der Waals surface area contributed by atoms with Gasteiger partial charge < -0.3 is 0 Å². The molecular weight excluding hydrogens is 316 g/mol. The Kier molecular flexibility index (Phi) is 13.8. The van der Waals surface area contributed by atoms with E-state index in [9.17, 15) is 4.79 Å². The molecule has 0 aliphatic heterocycles. The average molecular weight is 357 g/mol. The molecule has 146 valence electrons. The van der Waals surface area contributed by atoms with Crippen molar-refractivity contribution in [2.45, 2.75) is 104 Å². The molecule has 0 aliphatic carbocycles. The number of hydrogen-bond acceptors (Lipinski definition) is 1. The van der Waals surface area contributed by atoms with Crippen LogP contribution in [0.2, 0.25) is 0 Å². The summed E-state index contributed by atoms with van der Waals surface area (Å²) in [5.41, 5.74) is 3.28. The molecule has 0 radical (unpaired) electrons. The van der Waals surface area contributed by atoms with Gasteiger partial charge in [-0.25, -0.2) is 0 Å². The van der Waals surface area contributed by atoms with Crippen molar-refractivity contribution in [2.75, 3.05) is 0 Å². The van der Waals surface area contributed by atoms with Crippen molar-refractivity contribution in [3.8, 4) is 0 Å². The number of aldehydes is 1. The molecular formula is C25H40O. The monoisotopic (exact) mass is 356 g/mol. The second kappa shape index (κ2) is 15.9. The van der Waals surface area contributed by atoms with Crippen molar-refractivity contribution < 1.29 is 4.79 Å². The van der Waals surface area contributed by atoms with Crippen molar-refractivity contribution in [1.82, 2.24) is 0 Å². The van der Waals surface area contributed by atoms with Gasteiger partial charge in [0.05, 0.1) is 0 Å². The van der Waals surface area contributed by atoms with Crippen LogP contribution in [-0.2, 0) is 4.79 Å². The Hall–Kier alpha value is -1.37. The van der Waals surface area contributed by atoms with E-state index in [4.69, 9.17) is 0 Å². The van der Waals surface area contributed by atoms with Gasteiger partial charge in [0.1, 0.15) is 6.29 Å². The molecule has 0 atom stereocenters. The quantitative estimate of drug-likeness (QED) is 0.166. The van der Waals surface area contributed by atoms with Gasteiger partial charge in [0.2, 0.25) is 0 Å². The maximum absolute atomic E-state index is 11.4. The van der Waals surface area contributed by atoms with Gasteiger partial charge in [0.15, 0.2) is 0 Å². The summed E-state index contributed by atoms with van der Waals surface area (Å²) >= 11 is 0. The van der Waals surface area contributed by atoms with Gasteiger partial charge in [0, 0.05) is 0 Å². The fraction of sp³-hybridized carbons (Fsp3) is 0.640. The molecule has 26 heavy (non-hydrogen) atoms. The molecule has 0 spiro atoms. The van der Waals surface area contributed by atoms with Gasteiger partial charge in [-0.05, 0) is 36.5 Å². The summed E-state index contributed by atoms with van der Waals surface area (Å²) in [6.07, 6.45) is 19.7. The molecule has 0 aromatic heterocycles. The van der Waals surface area contributed by atoms with E-state index >= 15 is 0 Å². The van der Waals surface area contributed by atoms with Crippen molar-refractivity contribution in [1.29, 1.82) is 0 Å². The molecule has 1 aromatic rings. The molecule has 0 saturated heterocycles. The van der Waals surface area contributed by atoms with Crippen molar-refractivity contribution >= 4 is 11.9 Å². The lowest BCUT2D eigenvalue weighted by molar-refractivity contribution is -0.105. The van der Waals surface area contributed by atoms with Crippen molar-refractivity contribution in [2.24, 2.45) is 0 Å². The minimum atomic E-state index is 0.919. The molecule has 0 unspecified atom stereocenters. The van der Waals surface area contributed by atoms with Gasteiger partial charge >= 0.3 is 0 Å². The lowest BCUT2D eigenvalue weighted by Gasteiger charge is -2.07. The average Bonchev–Trinajstić information content (AvgIpc) is 2.68. The lowest BCUT2D eigenvalue weighted by atomic mass is 9.97. The number of carbonyl (C=O) groups is 1. The number of rotatable bonds is 16. The molecule has 0 fully saturated rings. The minimum absolute atomic E-state index is 0.919. The fourth-order valence-electron chi connectivity index (χ4n) is 3.54. The zero-order valence-corrected chi connectivity index (χ0v) is 17.3. The Balaban J connectivity index is 2.03. The summed E-state index contributed by atoms with van der Waals surface area (Å²) in [5.74, 6) is 0. The summed E-state index contributed by atoms with van der Waals surface area (Å²) in [5, 5.41) is 0. The first-order valence-corrected chi connectivity index (χ1v) is 11.0. The minimum Gasteiger partial charge on any atom is -0.298 e. The van der Waals surface area contributed by atoms with Crippen LogP contribution in [0.3, 0.4) is 0 Å². The van der Waals surface area contributed by atoms with Gasteiger partial charge in [-0.1, -0.05) is 114 Å². The van der Waals surface area contributed by atoms with Crippen LogP contribution in [0.4, 0.5) is 0 Å². The third kappa shape index (κ3) is 10.6. The number of unbranched alkanes of at least 4 members (excludes halogenated alkanes) is 12. The smallest absolute Gasteiger partial charge is 0.146 e. The van der Waals surface area contributed by atoms with Crippen LogP contribution >= 0.6 is 0 Å². The standard InChI is InChI=1S/C25H40O/c1-3-4-5-6-7-8-9-10-11-12-13-14-16-21-25(22-26)23(2)24-19-17-15-18-20-24/h15,17-20,22H,3-14,16,21H2,1-2H3/b25-23-. The predicted octanol–water partition coefficient (Wildman–Crippen LogP) is 8.14. The number of carbonyl (C=O) groups excluding carboxylic acids is 1. The van der Waals surface area contributed by atoms with Crippen LogP contribution in [-0.4, -0.2) is 6.29 Å². The molecule has 1 aromatic carbocycles. The molecule has 0 amide bonds. The highest BCUT2D eigenvalue weighted by atomic mass is 16.1. The van der Waals surface area contributed by atoms with E-state index in [-0.39, 0.29) is 0 Å². The van der Waals surface area contributed by atoms with E-state index in [0.717, 1.165) is 30.3 Å². The zero-order chi connectivity index (χ0) is 18.9. The first-order valence-electron chi connectivity index (χ1n) is 11.0. The molecule has 1 nitrogen and oxygen atoms in total. The Bertz CT molecular complexity index is 486. The molecule has 0 heterocycles. The van der Waals surface area contributed by atoms with Gasteiger partial charge in [-0.3, -0.25) is 4.79 Å². The van der Waals surface area contributed by atoms with Crippen LogP contribution in [0, 0.1) is 0 Å². The summed E-state index contributed by atoms with van der Waals surface area (Å²) in [4.78, 5) is 11.4. The Labute approximate surface area is 162 Å². The summed E-state index contributed by atoms with van der Waals surface area (Å²) in [6.45, 7) is 4.35. The molecule has 0 bridgehead atoms. The van der Waals surface area contributed by atoms with Crippen LogP contribution in [0.5, 0.6) is 0 Å². The number of hydrogen-bond donors (Lipinski definition) is 0. The Morgan fingerprint density at radius 3 is 1.65 bits per heavy atom. The first-order chi connectivity index (χ1) is 12.8. The van der Waals surface area contributed by atoms with Crippen LogP contribution in [0.15, 0.2) is 35.9 Å².